The molecular formula is C13H23NO3. The Morgan fingerprint density at radius 1 is 1.24 bits per heavy atom. The Morgan fingerprint density at radius 3 is 2.65 bits per heavy atom. The van der Waals surface area contributed by atoms with E-state index in [9.17, 15) is 9.59 Å². The first kappa shape index (κ1) is 14.0. The van der Waals surface area contributed by atoms with E-state index in [1.54, 1.807) is 4.90 Å². The van der Waals surface area contributed by atoms with Crippen molar-refractivity contribution in [2.24, 2.45) is 0 Å². The van der Waals surface area contributed by atoms with Gasteiger partial charge in [0.25, 0.3) is 0 Å². The number of amides is 1. The molecule has 1 aliphatic rings. The van der Waals surface area contributed by atoms with Crippen LogP contribution < -0.4 is 0 Å². The topological polar surface area (TPSA) is 57.6 Å². The van der Waals surface area contributed by atoms with Gasteiger partial charge in [0.1, 0.15) is 6.04 Å². The molecule has 1 saturated heterocycles. The Balaban J connectivity index is 2.39. The molecule has 1 rings (SSSR count). The second-order valence-corrected chi connectivity index (χ2v) is 4.75. The maximum absolute atomic E-state index is 11.9. The molecule has 0 aliphatic carbocycles. The Morgan fingerprint density at radius 2 is 2.00 bits per heavy atom. The van der Waals surface area contributed by atoms with E-state index < -0.39 is 12.0 Å². The molecule has 0 unspecified atom stereocenters. The molecule has 1 fully saturated rings. The molecule has 0 aromatic heterocycles. The number of carbonyl (C=O) groups excluding carboxylic acids is 1. The molecule has 0 bridgehead atoms. The Hall–Kier alpha value is -1.06. The molecule has 4 heteroatoms. The van der Waals surface area contributed by atoms with Crippen LogP contribution >= 0.6 is 0 Å². The lowest BCUT2D eigenvalue weighted by Gasteiger charge is -2.33. The summed E-state index contributed by atoms with van der Waals surface area (Å²) >= 11 is 0. The molecule has 0 saturated carbocycles. The van der Waals surface area contributed by atoms with Crippen LogP contribution in [0.4, 0.5) is 0 Å². The van der Waals surface area contributed by atoms with Crippen molar-refractivity contribution in [1.82, 2.24) is 4.90 Å². The fourth-order valence-electron chi connectivity index (χ4n) is 2.33. The number of hydrogen-bond acceptors (Lipinski definition) is 2. The van der Waals surface area contributed by atoms with Crippen molar-refractivity contribution in [3.63, 3.8) is 0 Å². The van der Waals surface area contributed by atoms with Crippen LogP contribution in [0.25, 0.3) is 0 Å². The summed E-state index contributed by atoms with van der Waals surface area (Å²) in [5, 5.41) is 9.07. The molecule has 1 amide bonds. The number of piperidine rings is 1. The molecule has 0 spiro atoms. The van der Waals surface area contributed by atoms with Gasteiger partial charge in [0, 0.05) is 13.0 Å². The van der Waals surface area contributed by atoms with Crippen LogP contribution in [0.5, 0.6) is 0 Å². The van der Waals surface area contributed by atoms with Crippen LogP contribution in [0.2, 0.25) is 0 Å². The summed E-state index contributed by atoms with van der Waals surface area (Å²) in [5.74, 6) is -0.834. The maximum atomic E-state index is 11.9. The second kappa shape index (κ2) is 7.30. The van der Waals surface area contributed by atoms with Gasteiger partial charge in [0.05, 0.1) is 0 Å². The van der Waals surface area contributed by atoms with Crippen LogP contribution in [-0.4, -0.2) is 34.5 Å². The first-order chi connectivity index (χ1) is 8.16. The zero-order chi connectivity index (χ0) is 12.7. The predicted molar refractivity (Wildman–Crippen MR) is 65.7 cm³/mol. The number of aliphatic carboxylic acids is 1. The molecule has 1 N–H and O–H groups in total. The van der Waals surface area contributed by atoms with Gasteiger partial charge in [-0.15, -0.1) is 0 Å². The molecule has 4 nitrogen and oxygen atoms in total. The van der Waals surface area contributed by atoms with Gasteiger partial charge in [-0.25, -0.2) is 4.79 Å². The van der Waals surface area contributed by atoms with Crippen molar-refractivity contribution < 1.29 is 14.7 Å². The summed E-state index contributed by atoms with van der Waals surface area (Å²) in [4.78, 5) is 24.6. The lowest BCUT2D eigenvalue weighted by atomic mass is 10.0. The number of nitrogens with zero attached hydrogens (tertiary/aromatic N) is 1. The van der Waals surface area contributed by atoms with Gasteiger partial charge in [-0.1, -0.05) is 26.2 Å². The predicted octanol–water partition coefficient (Wildman–Crippen LogP) is 2.42. The summed E-state index contributed by atoms with van der Waals surface area (Å²) in [5.41, 5.74) is 0. The van der Waals surface area contributed by atoms with Gasteiger partial charge >= 0.3 is 5.97 Å². The zero-order valence-corrected chi connectivity index (χ0v) is 10.7. The number of carboxylic acid groups (broad SMARTS) is 1. The summed E-state index contributed by atoms with van der Waals surface area (Å²) in [7, 11) is 0. The third-order valence-corrected chi connectivity index (χ3v) is 3.35. The van der Waals surface area contributed by atoms with Gasteiger partial charge in [0.15, 0.2) is 0 Å². The molecule has 98 valence electrons. The van der Waals surface area contributed by atoms with E-state index in [0.29, 0.717) is 19.4 Å². The normalized spacial score (nSPS) is 20.3. The molecule has 1 aliphatic heterocycles. The number of hydrogen-bond donors (Lipinski definition) is 1. The molecular weight excluding hydrogens is 218 g/mol. The third-order valence-electron chi connectivity index (χ3n) is 3.35. The fraction of sp³-hybridized carbons (Fsp3) is 0.846. The first-order valence-corrected chi connectivity index (χ1v) is 6.69. The summed E-state index contributed by atoms with van der Waals surface area (Å²) in [6, 6.07) is -0.581. The van der Waals surface area contributed by atoms with E-state index in [4.69, 9.17) is 5.11 Å². The van der Waals surface area contributed by atoms with E-state index in [1.165, 1.54) is 0 Å². The quantitative estimate of drug-likeness (QED) is 0.726. The Labute approximate surface area is 103 Å². The lowest BCUT2D eigenvalue weighted by Crippen LogP contribution is -2.47. The Bertz CT molecular complexity index is 265. The number of carboxylic acids is 1. The van der Waals surface area contributed by atoms with Crippen molar-refractivity contribution in [3.8, 4) is 0 Å². The standard InChI is InChI=1S/C13H23NO3/c1-2-3-4-5-9-12(15)14-10-7-6-8-11(14)13(16)17/h11H,2-10H2,1H3,(H,16,17)/t11-/m1/s1. The van der Waals surface area contributed by atoms with Crippen molar-refractivity contribution in [2.45, 2.75) is 64.3 Å². The van der Waals surface area contributed by atoms with Crippen molar-refractivity contribution >= 4 is 11.9 Å². The first-order valence-electron chi connectivity index (χ1n) is 6.69. The minimum atomic E-state index is -0.855. The number of carbonyl (C=O) groups is 2. The molecule has 0 aromatic rings. The van der Waals surface area contributed by atoms with Crippen LogP contribution in [0.1, 0.15) is 58.3 Å². The molecule has 17 heavy (non-hydrogen) atoms. The monoisotopic (exact) mass is 241 g/mol. The number of rotatable bonds is 6. The average Bonchev–Trinajstić information content (AvgIpc) is 2.34. The highest BCUT2D eigenvalue weighted by Crippen LogP contribution is 2.19. The maximum Gasteiger partial charge on any atom is 0.326 e. The van der Waals surface area contributed by atoms with Gasteiger partial charge < -0.3 is 10.0 Å². The van der Waals surface area contributed by atoms with E-state index >= 15 is 0 Å². The minimum absolute atomic E-state index is 0.0215. The average molecular weight is 241 g/mol. The van der Waals surface area contributed by atoms with Crippen molar-refractivity contribution in [2.75, 3.05) is 6.54 Å². The SMILES string of the molecule is CCCCCCC(=O)N1CCCC[C@@H]1C(=O)O. The molecule has 0 radical (unpaired) electrons. The summed E-state index contributed by atoms with van der Waals surface area (Å²) < 4.78 is 0. The van der Waals surface area contributed by atoms with Gasteiger partial charge in [-0.3, -0.25) is 4.79 Å². The zero-order valence-electron chi connectivity index (χ0n) is 10.7. The Kier molecular flexibility index (Phi) is 6.01. The van der Waals surface area contributed by atoms with Gasteiger partial charge in [-0.05, 0) is 25.7 Å². The number of likely N-dealkylation sites (tertiary alicyclic amines) is 1. The molecule has 1 heterocycles. The van der Waals surface area contributed by atoms with E-state index in [0.717, 1.165) is 38.5 Å². The summed E-state index contributed by atoms with van der Waals surface area (Å²) in [6.45, 7) is 2.75. The van der Waals surface area contributed by atoms with Gasteiger partial charge in [0.2, 0.25) is 5.91 Å². The molecule has 1 atom stereocenters. The largest absolute Gasteiger partial charge is 0.480 e. The van der Waals surface area contributed by atoms with Crippen molar-refractivity contribution in [3.05, 3.63) is 0 Å². The highest BCUT2D eigenvalue weighted by Gasteiger charge is 2.31. The van der Waals surface area contributed by atoms with E-state index in [-0.39, 0.29) is 5.91 Å². The van der Waals surface area contributed by atoms with E-state index in [2.05, 4.69) is 6.92 Å². The van der Waals surface area contributed by atoms with Crippen LogP contribution in [0, 0.1) is 0 Å². The highest BCUT2D eigenvalue weighted by atomic mass is 16.4. The number of unbranched alkanes of at least 4 members (excludes halogenated alkanes) is 3. The third kappa shape index (κ3) is 4.36. The summed E-state index contributed by atoms with van der Waals surface area (Å²) in [6.07, 6.45) is 7.20. The van der Waals surface area contributed by atoms with Crippen molar-refractivity contribution in [1.29, 1.82) is 0 Å². The lowest BCUT2D eigenvalue weighted by molar-refractivity contribution is -0.152. The fourth-order valence-corrected chi connectivity index (χ4v) is 2.33. The molecule has 0 aromatic carbocycles. The van der Waals surface area contributed by atoms with E-state index in [1.807, 2.05) is 0 Å². The van der Waals surface area contributed by atoms with Crippen LogP contribution in [-0.2, 0) is 9.59 Å². The second-order valence-electron chi connectivity index (χ2n) is 4.75. The van der Waals surface area contributed by atoms with Crippen LogP contribution in [0.3, 0.4) is 0 Å². The smallest absolute Gasteiger partial charge is 0.326 e. The minimum Gasteiger partial charge on any atom is -0.480 e. The van der Waals surface area contributed by atoms with Gasteiger partial charge in [-0.2, -0.15) is 0 Å². The van der Waals surface area contributed by atoms with Crippen LogP contribution in [0.15, 0.2) is 0 Å². The highest BCUT2D eigenvalue weighted by molar-refractivity contribution is 5.83.